The van der Waals surface area contributed by atoms with Gasteiger partial charge < -0.3 is 0 Å². The number of aryl methyl sites for hydroxylation is 1. The molecule has 0 saturated heterocycles. The summed E-state index contributed by atoms with van der Waals surface area (Å²) in [5.41, 5.74) is 6.27. The predicted octanol–water partition coefficient (Wildman–Crippen LogP) is 3.29. The molecule has 0 bridgehead atoms. The van der Waals surface area contributed by atoms with Crippen molar-refractivity contribution >= 4 is 45.2 Å². The van der Waals surface area contributed by atoms with E-state index in [2.05, 4.69) is 26.8 Å². The summed E-state index contributed by atoms with van der Waals surface area (Å²) in [6.45, 7) is 1.94. The van der Waals surface area contributed by atoms with Gasteiger partial charge in [0.2, 0.25) is 0 Å². The van der Waals surface area contributed by atoms with Crippen LogP contribution in [0.3, 0.4) is 0 Å². The van der Waals surface area contributed by atoms with Gasteiger partial charge in [0.05, 0.1) is 3.79 Å². The van der Waals surface area contributed by atoms with Crippen LogP contribution in [0.1, 0.15) is 20.8 Å². The van der Waals surface area contributed by atoms with Crippen LogP contribution in [0.2, 0.25) is 0 Å². The van der Waals surface area contributed by atoms with Crippen molar-refractivity contribution in [2.24, 2.45) is 0 Å². The molecule has 1 heterocycles. The van der Waals surface area contributed by atoms with Crippen molar-refractivity contribution in [2.45, 2.75) is 6.92 Å². The fourth-order valence-electron chi connectivity index (χ4n) is 1.51. The number of hydrazine groups is 1. The molecule has 108 valence electrons. The van der Waals surface area contributed by atoms with E-state index >= 15 is 0 Å². The summed E-state index contributed by atoms with van der Waals surface area (Å²) in [6.07, 6.45) is 3.05. The Labute approximate surface area is 135 Å². The van der Waals surface area contributed by atoms with E-state index in [4.69, 9.17) is 0 Å². The van der Waals surface area contributed by atoms with Crippen LogP contribution in [0.4, 0.5) is 0 Å². The number of hydrogen-bond acceptors (Lipinski definition) is 3. The molecular formula is C15H13BrN2O2S. The lowest BCUT2D eigenvalue weighted by Gasteiger charge is -2.05. The van der Waals surface area contributed by atoms with Crippen molar-refractivity contribution in [1.29, 1.82) is 0 Å². The second kappa shape index (κ2) is 7.19. The number of thiophene rings is 1. The summed E-state index contributed by atoms with van der Waals surface area (Å²) >= 11 is 4.86. The summed E-state index contributed by atoms with van der Waals surface area (Å²) in [6, 6.07) is 10.9. The molecule has 0 aliphatic carbocycles. The van der Waals surface area contributed by atoms with Crippen LogP contribution >= 0.6 is 27.3 Å². The number of rotatable bonds is 3. The van der Waals surface area contributed by atoms with Gasteiger partial charge in [-0.2, -0.15) is 0 Å². The van der Waals surface area contributed by atoms with E-state index in [1.807, 2.05) is 31.2 Å². The Bertz CT molecular complexity index is 677. The highest BCUT2D eigenvalue weighted by molar-refractivity contribution is 9.11. The Hall–Kier alpha value is -1.92. The van der Waals surface area contributed by atoms with Gasteiger partial charge in [-0.1, -0.05) is 17.7 Å². The summed E-state index contributed by atoms with van der Waals surface area (Å²) < 4.78 is 0.996. The molecule has 0 saturated carbocycles. The van der Waals surface area contributed by atoms with Crippen LogP contribution in [0.5, 0.6) is 0 Å². The van der Waals surface area contributed by atoms with Crippen molar-refractivity contribution in [2.75, 3.05) is 0 Å². The summed E-state index contributed by atoms with van der Waals surface area (Å²) in [5.74, 6) is -0.740. The number of carbonyl (C=O) groups excluding carboxylic acids is 2. The molecule has 0 unspecified atom stereocenters. The van der Waals surface area contributed by atoms with E-state index in [9.17, 15) is 9.59 Å². The maximum atomic E-state index is 11.8. The third-order valence-corrected chi connectivity index (χ3v) is 4.19. The molecule has 2 aromatic rings. The summed E-state index contributed by atoms with van der Waals surface area (Å²) in [7, 11) is 0. The van der Waals surface area contributed by atoms with E-state index in [1.54, 1.807) is 18.2 Å². The SMILES string of the molecule is Cc1ccc(C(=O)NNC(=O)/C=C/c2ccc(Br)s2)cc1. The lowest BCUT2D eigenvalue weighted by molar-refractivity contribution is -0.117. The third kappa shape index (κ3) is 4.84. The lowest BCUT2D eigenvalue weighted by atomic mass is 10.1. The number of hydrogen-bond donors (Lipinski definition) is 2. The van der Waals surface area contributed by atoms with E-state index < -0.39 is 0 Å². The molecule has 2 rings (SSSR count). The molecule has 1 aromatic carbocycles. The minimum Gasteiger partial charge on any atom is -0.268 e. The Morgan fingerprint density at radius 3 is 2.43 bits per heavy atom. The highest BCUT2D eigenvalue weighted by Crippen LogP contribution is 2.22. The van der Waals surface area contributed by atoms with Crippen LogP contribution in [0.25, 0.3) is 6.08 Å². The first kappa shape index (κ1) is 15.5. The normalized spacial score (nSPS) is 10.6. The Kier molecular flexibility index (Phi) is 5.30. The maximum absolute atomic E-state index is 11.8. The Morgan fingerprint density at radius 2 is 1.81 bits per heavy atom. The van der Waals surface area contributed by atoms with E-state index in [1.165, 1.54) is 17.4 Å². The zero-order valence-electron chi connectivity index (χ0n) is 11.2. The molecule has 4 nitrogen and oxygen atoms in total. The smallest absolute Gasteiger partial charge is 0.268 e. The van der Waals surface area contributed by atoms with Crippen LogP contribution in [0.15, 0.2) is 46.3 Å². The molecule has 0 spiro atoms. The monoisotopic (exact) mass is 364 g/mol. The average Bonchev–Trinajstić information content (AvgIpc) is 2.89. The van der Waals surface area contributed by atoms with Gasteiger partial charge in [0.1, 0.15) is 0 Å². The van der Waals surface area contributed by atoms with Gasteiger partial charge in [-0.25, -0.2) is 0 Å². The van der Waals surface area contributed by atoms with Crippen LogP contribution in [-0.2, 0) is 4.79 Å². The van der Waals surface area contributed by atoms with Crippen molar-refractivity contribution in [3.8, 4) is 0 Å². The van der Waals surface area contributed by atoms with Gasteiger partial charge in [0, 0.05) is 16.5 Å². The van der Waals surface area contributed by atoms with E-state index in [0.717, 1.165) is 14.2 Å². The topological polar surface area (TPSA) is 58.2 Å². The molecule has 0 fully saturated rings. The molecule has 21 heavy (non-hydrogen) atoms. The quantitative estimate of drug-likeness (QED) is 0.648. The zero-order chi connectivity index (χ0) is 15.2. The lowest BCUT2D eigenvalue weighted by Crippen LogP contribution is -2.40. The minimum absolute atomic E-state index is 0.351. The maximum Gasteiger partial charge on any atom is 0.269 e. The van der Waals surface area contributed by atoms with Gasteiger partial charge in [-0.15, -0.1) is 11.3 Å². The molecule has 6 heteroatoms. The molecule has 0 atom stereocenters. The number of nitrogens with one attached hydrogen (secondary N) is 2. The van der Waals surface area contributed by atoms with Crippen molar-refractivity contribution < 1.29 is 9.59 Å². The van der Waals surface area contributed by atoms with Crippen LogP contribution in [0, 0.1) is 6.92 Å². The van der Waals surface area contributed by atoms with Crippen molar-refractivity contribution in [3.63, 3.8) is 0 Å². The van der Waals surface area contributed by atoms with Crippen molar-refractivity contribution in [3.05, 3.63) is 62.3 Å². The molecule has 1 aromatic heterocycles. The van der Waals surface area contributed by atoms with Crippen molar-refractivity contribution in [1.82, 2.24) is 10.9 Å². The zero-order valence-corrected chi connectivity index (χ0v) is 13.6. The highest BCUT2D eigenvalue weighted by atomic mass is 79.9. The van der Waals surface area contributed by atoms with Gasteiger partial charge >= 0.3 is 0 Å². The number of amides is 2. The van der Waals surface area contributed by atoms with Gasteiger partial charge in [-0.05, 0) is 53.2 Å². The Balaban J connectivity index is 1.85. The fourth-order valence-corrected chi connectivity index (χ4v) is 2.84. The summed E-state index contributed by atoms with van der Waals surface area (Å²) in [5, 5.41) is 0. The Morgan fingerprint density at radius 1 is 1.10 bits per heavy atom. The minimum atomic E-state index is -0.389. The fraction of sp³-hybridized carbons (Fsp3) is 0.0667. The van der Waals surface area contributed by atoms with E-state index in [-0.39, 0.29) is 11.8 Å². The first-order chi connectivity index (χ1) is 10.0. The molecule has 0 radical (unpaired) electrons. The second-order valence-electron chi connectivity index (χ2n) is 4.28. The first-order valence-corrected chi connectivity index (χ1v) is 7.76. The van der Waals surface area contributed by atoms with Gasteiger partial charge in [0.15, 0.2) is 0 Å². The summed E-state index contributed by atoms with van der Waals surface area (Å²) in [4.78, 5) is 24.3. The highest BCUT2D eigenvalue weighted by Gasteiger charge is 2.05. The largest absolute Gasteiger partial charge is 0.269 e. The molecule has 2 amide bonds. The van der Waals surface area contributed by atoms with Gasteiger partial charge in [-0.3, -0.25) is 20.4 Å². The number of benzene rings is 1. The molecule has 0 aliphatic rings. The average molecular weight is 365 g/mol. The number of carbonyl (C=O) groups is 2. The molecule has 0 aliphatic heterocycles. The van der Waals surface area contributed by atoms with Crippen LogP contribution < -0.4 is 10.9 Å². The number of halogens is 1. The standard InChI is InChI=1S/C15H13BrN2O2S/c1-10-2-4-11(5-3-10)15(20)18-17-14(19)9-7-12-6-8-13(16)21-12/h2-9H,1H3,(H,17,19)(H,18,20)/b9-7+. The predicted molar refractivity (Wildman–Crippen MR) is 87.8 cm³/mol. The first-order valence-electron chi connectivity index (χ1n) is 6.15. The molecule has 2 N–H and O–H groups in total. The third-order valence-electron chi connectivity index (χ3n) is 2.61. The van der Waals surface area contributed by atoms with Crippen LogP contribution in [-0.4, -0.2) is 11.8 Å². The van der Waals surface area contributed by atoms with Gasteiger partial charge in [0.25, 0.3) is 11.8 Å². The molecular weight excluding hydrogens is 352 g/mol. The second-order valence-corrected chi connectivity index (χ2v) is 6.78. The van der Waals surface area contributed by atoms with E-state index in [0.29, 0.717) is 5.56 Å².